The van der Waals surface area contributed by atoms with Crippen LogP contribution < -0.4 is 10.6 Å². The summed E-state index contributed by atoms with van der Waals surface area (Å²) in [4.78, 5) is 28.5. The zero-order valence-electron chi connectivity index (χ0n) is 23.5. The smallest absolute Gasteiger partial charge is 0.231 e. The monoisotopic (exact) mass is 548 g/mol. The molecule has 4 aromatic rings. The number of aromatic amines is 1. The lowest BCUT2D eigenvalue weighted by atomic mass is 9.95. The highest BCUT2D eigenvalue weighted by atomic mass is 16.2. The molecule has 41 heavy (non-hydrogen) atoms. The molecule has 1 amide bonds. The van der Waals surface area contributed by atoms with Gasteiger partial charge in [0.2, 0.25) is 11.9 Å². The molecule has 2 fully saturated rings. The molecule has 0 spiro atoms. The number of nitrogens with one attached hydrogen (secondary N) is 3. The summed E-state index contributed by atoms with van der Waals surface area (Å²) < 4.78 is 0. The summed E-state index contributed by atoms with van der Waals surface area (Å²) in [5.74, 6) is 1.36. The van der Waals surface area contributed by atoms with Crippen LogP contribution in [0.3, 0.4) is 0 Å². The average Bonchev–Trinajstić information content (AvgIpc) is 3.42. The van der Waals surface area contributed by atoms with Gasteiger partial charge in [0.1, 0.15) is 17.5 Å². The second-order valence-electron chi connectivity index (χ2n) is 11.1. The van der Waals surface area contributed by atoms with Crippen molar-refractivity contribution in [3.8, 4) is 17.2 Å². The number of carbonyl (C=O) groups excluding carboxylic acids is 1. The maximum Gasteiger partial charge on any atom is 0.231 e. The van der Waals surface area contributed by atoms with Crippen LogP contribution in [0, 0.1) is 11.3 Å². The van der Waals surface area contributed by atoms with E-state index in [0.717, 1.165) is 67.8 Å². The van der Waals surface area contributed by atoms with Gasteiger partial charge in [-0.2, -0.15) is 15.2 Å². The van der Waals surface area contributed by atoms with Crippen LogP contribution in [0.1, 0.15) is 50.2 Å². The van der Waals surface area contributed by atoms with Crippen LogP contribution in [0.5, 0.6) is 0 Å². The molecule has 2 aliphatic rings. The van der Waals surface area contributed by atoms with Gasteiger partial charge in [-0.25, -0.2) is 0 Å². The minimum absolute atomic E-state index is 0.162. The van der Waals surface area contributed by atoms with Crippen LogP contribution in [0.15, 0.2) is 54.7 Å². The number of aromatic nitrogens is 3. The molecule has 1 saturated carbocycles. The van der Waals surface area contributed by atoms with E-state index in [0.29, 0.717) is 29.0 Å². The lowest BCUT2D eigenvalue weighted by Crippen LogP contribution is -2.47. The van der Waals surface area contributed by atoms with Gasteiger partial charge >= 0.3 is 0 Å². The number of H-pyrrole nitrogens is 1. The second kappa shape index (κ2) is 12.0. The largest absolute Gasteiger partial charge is 0.367 e. The highest BCUT2D eigenvalue weighted by molar-refractivity contribution is 5.93. The Balaban J connectivity index is 1.12. The van der Waals surface area contributed by atoms with Crippen molar-refractivity contribution in [2.45, 2.75) is 51.6 Å². The van der Waals surface area contributed by atoms with E-state index in [1.165, 1.54) is 24.8 Å². The molecule has 9 heteroatoms. The van der Waals surface area contributed by atoms with Gasteiger partial charge < -0.3 is 20.5 Å². The molecule has 2 aromatic carbocycles. The van der Waals surface area contributed by atoms with Gasteiger partial charge in [-0.15, -0.1) is 0 Å². The minimum atomic E-state index is 0.162. The Morgan fingerprint density at radius 2 is 1.66 bits per heavy atom. The van der Waals surface area contributed by atoms with Crippen LogP contribution in [0.25, 0.3) is 22.2 Å². The van der Waals surface area contributed by atoms with Gasteiger partial charge in [0.25, 0.3) is 0 Å². The molecule has 3 N–H and O–H groups in total. The van der Waals surface area contributed by atoms with Gasteiger partial charge in [0.15, 0.2) is 0 Å². The number of rotatable bonds is 7. The number of piperazine rings is 1. The van der Waals surface area contributed by atoms with Crippen LogP contribution in [0.2, 0.25) is 0 Å². The summed E-state index contributed by atoms with van der Waals surface area (Å²) in [5.41, 5.74) is 5.66. The molecular formula is C32H36N8O. The molecule has 0 bridgehead atoms. The first-order chi connectivity index (χ1) is 20.1. The number of nitrogens with zero attached hydrogens (tertiary/aromatic N) is 5. The molecule has 2 aromatic heterocycles. The molecule has 1 saturated heterocycles. The maximum atomic E-state index is 11.6. The van der Waals surface area contributed by atoms with Gasteiger partial charge in [-0.1, -0.05) is 55.7 Å². The fourth-order valence-electron chi connectivity index (χ4n) is 5.88. The van der Waals surface area contributed by atoms with E-state index in [2.05, 4.69) is 68.0 Å². The average molecular weight is 549 g/mol. The molecule has 0 unspecified atom stereocenters. The van der Waals surface area contributed by atoms with Gasteiger partial charge in [0.05, 0.1) is 10.9 Å². The van der Waals surface area contributed by atoms with Crippen LogP contribution in [-0.4, -0.2) is 62.9 Å². The molecule has 0 atom stereocenters. The van der Waals surface area contributed by atoms with Crippen molar-refractivity contribution in [1.29, 1.82) is 5.26 Å². The predicted octanol–water partition coefficient (Wildman–Crippen LogP) is 5.65. The Kier molecular flexibility index (Phi) is 7.83. The van der Waals surface area contributed by atoms with E-state index in [4.69, 9.17) is 4.98 Å². The van der Waals surface area contributed by atoms with Crippen LogP contribution in [0.4, 0.5) is 17.5 Å². The van der Waals surface area contributed by atoms with Crippen molar-refractivity contribution in [2.24, 2.45) is 0 Å². The second-order valence-corrected chi connectivity index (χ2v) is 11.1. The molecule has 210 valence electrons. The van der Waals surface area contributed by atoms with Gasteiger partial charge in [-0.3, -0.25) is 9.69 Å². The Morgan fingerprint density at radius 1 is 0.976 bits per heavy atom. The number of amides is 1. The number of benzene rings is 2. The normalized spacial score (nSPS) is 16.4. The molecule has 1 aliphatic heterocycles. The van der Waals surface area contributed by atoms with Gasteiger partial charge in [0, 0.05) is 57.6 Å². The van der Waals surface area contributed by atoms with E-state index >= 15 is 0 Å². The number of nitriles is 1. The Hall–Kier alpha value is -4.42. The first-order valence-electron chi connectivity index (χ1n) is 14.6. The lowest BCUT2D eigenvalue weighted by Gasteiger charge is -2.34. The number of anilines is 3. The molecule has 3 heterocycles. The van der Waals surface area contributed by atoms with Crippen molar-refractivity contribution < 1.29 is 4.79 Å². The molecular weight excluding hydrogens is 512 g/mol. The van der Waals surface area contributed by atoms with Crippen LogP contribution in [-0.2, 0) is 11.3 Å². The van der Waals surface area contributed by atoms with Crippen molar-refractivity contribution in [3.05, 3.63) is 65.9 Å². The van der Waals surface area contributed by atoms with E-state index < -0.39 is 0 Å². The molecule has 6 rings (SSSR count). The van der Waals surface area contributed by atoms with E-state index in [-0.39, 0.29) is 5.91 Å². The number of fused-ring (bicyclic) bond motifs is 1. The SMILES string of the molecule is CC(=O)N1CCN(Cc2ccc(-c3ccc(Nc4nc(NC5CCCCC5)c5c(C#N)c[nH]c5n4)cc3)cc2)CC1. The summed E-state index contributed by atoms with van der Waals surface area (Å²) in [5, 5.41) is 17.3. The molecule has 1 aliphatic carbocycles. The van der Waals surface area contributed by atoms with E-state index in [1.54, 1.807) is 13.1 Å². The van der Waals surface area contributed by atoms with Crippen molar-refractivity contribution >= 4 is 34.4 Å². The van der Waals surface area contributed by atoms with Crippen molar-refractivity contribution in [1.82, 2.24) is 24.8 Å². The summed E-state index contributed by atoms with van der Waals surface area (Å²) in [6, 6.07) is 19.6. The predicted molar refractivity (Wildman–Crippen MR) is 162 cm³/mol. The number of hydrogen-bond acceptors (Lipinski definition) is 7. The molecule has 0 radical (unpaired) electrons. The van der Waals surface area contributed by atoms with E-state index in [9.17, 15) is 10.1 Å². The topological polar surface area (TPSA) is 113 Å². The van der Waals surface area contributed by atoms with Gasteiger partial charge in [-0.05, 0) is 41.7 Å². The van der Waals surface area contributed by atoms with E-state index in [1.807, 2.05) is 17.0 Å². The Morgan fingerprint density at radius 3 is 2.32 bits per heavy atom. The zero-order chi connectivity index (χ0) is 28.2. The van der Waals surface area contributed by atoms with Crippen molar-refractivity contribution in [2.75, 3.05) is 36.8 Å². The third kappa shape index (κ3) is 6.18. The zero-order valence-corrected chi connectivity index (χ0v) is 23.5. The van der Waals surface area contributed by atoms with Crippen LogP contribution >= 0.6 is 0 Å². The maximum absolute atomic E-state index is 11.6. The Bertz CT molecular complexity index is 1540. The molecule has 9 nitrogen and oxygen atoms in total. The Labute approximate surface area is 240 Å². The fraction of sp³-hybridized carbons (Fsp3) is 0.375. The lowest BCUT2D eigenvalue weighted by molar-refractivity contribution is -0.130. The third-order valence-corrected chi connectivity index (χ3v) is 8.25. The summed E-state index contributed by atoms with van der Waals surface area (Å²) >= 11 is 0. The highest BCUT2D eigenvalue weighted by Gasteiger charge is 2.20. The third-order valence-electron chi connectivity index (χ3n) is 8.25. The summed E-state index contributed by atoms with van der Waals surface area (Å²) in [6.07, 6.45) is 7.62. The number of hydrogen-bond donors (Lipinski definition) is 3. The standard InChI is InChI=1S/C32H36N8O/c1-22(41)40-17-15-39(16-18-40)21-23-7-9-24(10-8-23)25-11-13-28(14-12-25)36-32-37-30-29(26(19-33)20-34-30)31(38-32)35-27-5-3-2-4-6-27/h7-14,20,27H,2-6,15-18,21H2,1H3,(H3,34,35,36,37,38). The summed E-state index contributed by atoms with van der Waals surface area (Å²) in [7, 11) is 0. The minimum Gasteiger partial charge on any atom is -0.367 e. The van der Waals surface area contributed by atoms with Crippen molar-refractivity contribution in [3.63, 3.8) is 0 Å². The fourth-order valence-corrected chi connectivity index (χ4v) is 5.88. The first-order valence-corrected chi connectivity index (χ1v) is 14.6. The first kappa shape index (κ1) is 26.8. The number of carbonyl (C=O) groups is 1. The quantitative estimate of drug-likeness (QED) is 0.274. The summed E-state index contributed by atoms with van der Waals surface area (Å²) in [6.45, 7) is 5.97. The highest BCUT2D eigenvalue weighted by Crippen LogP contribution is 2.30.